The third-order valence-electron chi connectivity index (χ3n) is 0.938. The van der Waals surface area contributed by atoms with Gasteiger partial charge in [-0.05, 0) is 4.57 Å². The highest BCUT2D eigenvalue weighted by Gasteiger charge is 2.16. The van der Waals surface area contributed by atoms with Gasteiger partial charge in [0.15, 0.2) is 6.16 Å². The minimum absolute atomic E-state index is 0.208. The molecule has 0 aliphatic carbocycles. The van der Waals surface area contributed by atoms with E-state index in [-0.39, 0.29) is 12.6 Å². The second kappa shape index (κ2) is 5.31. The Hall–Kier alpha value is -0.490. The van der Waals surface area contributed by atoms with Gasteiger partial charge in [0.05, 0.1) is 13.2 Å². The minimum Gasteiger partial charge on any atom is -0.378 e. The van der Waals surface area contributed by atoms with Crippen molar-refractivity contribution in [3.8, 4) is 6.07 Å². The van der Waals surface area contributed by atoms with Crippen molar-refractivity contribution in [2.45, 2.75) is 12.5 Å². The van der Waals surface area contributed by atoms with E-state index < -0.39 is 14.1 Å². The van der Waals surface area contributed by atoms with Gasteiger partial charge in [0, 0.05) is 6.42 Å². The molecule has 5 heteroatoms. The molecule has 56 valence electrons. The molecule has 0 aromatic rings. The summed E-state index contributed by atoms with van der Waals surface area (Å²) in [6.07, 6.45) is -0.575. The van der Waals surface area contributed by atoms with E-state index in [1.54, 1.807) is 6.07 Å². The number of aliphatic hydroxyl groups is 1. The SMILES string of the molecule is CO[P+](=O)CCC(O)C#N. The number of nitriles is 1. The quantitative estimate of drug-likeness (QED) is 0.486. The van der Waals surface area contributed by atoms with E-state index in [4.69, 9.17) is 10.4 Å². The molecule has 4 nitrogen and oxygen atoms in total. The van der Waals surface area contributed by atoms with E-state index >= 15 is 0 Å². The van der Waals surface area contributed by atoms with Crippen molar-refractivity contribution in [2.75, 3.05) is 13.3 Å². The molecular formula is C5H9NO3P+. The molecule has 10 heavy (non-hydrogen) atoms. The van der Waals surface area contributed by atoms with Crippen LogP contribution >= 0.6 is 8.03 Å². The van der Waals surface area contributed by atoms with Crippen molar-refractivity contribution in [1.29, 1.82) is 5.26 Å². The Morgan fingerprint density at radius 3 is 2.90 bits per heavy atom. The monoisotopic (exact) mass is 162 g/mol. The lowest BCUT2D eigenvalue weighted by Gasteiger charge is -1.90. The molecular weight excluding hydrogens is 153 g/mol. The molecule has 2 unspecified atom stereocenters. The van der Waals surface area contributed by atoms with Crippen LogP contribution in [0.5, 0.6) is 0 Å². The van der Waals surface area contributed by atoms with E-state index in [0.717, 1.165) is 0 Å². The Morgan fingerprint density at radius 1 is 1.90 bits per heavy atom. The van der Waals surface area contributed by atoms with Crippen LogP contribution in [0.3, 0.4) is 0 Å². The van der Waals surface area contributed by atoms with Gasteiger partial charge in [-0.15, -0.1) is 4.52 Å². The molecule has 0 saturated heterocycles. The zero-order chi connectivity index (χ0) is 7.98. The Bertz CT molecular complexity index is 153. The van der Waals surface area contributed by atoms with E-state index in [1.165, 1.54) is 7.11 Å². The molecule has 0 radical (unpaired) electrons. The van der Waals surface area contributed by atoms with Crippen LogP contribution in [0.2, 0.25) is 0 Å². The second-order valence-electron chi connectivity index (χ2n) is 1.67. The normalized spacial score (nSPS) is 13.9. The average molecular weight is 162 g/mol. The highest BCUT2D eigenvalue weighted by atomic mass is 31.1. The predicted molar refractivity (Wildman–Crippen MR) is 35.7 cm³/mol. The van der Waals surface area contributed by atoms with Gasteiger partial charge in [0.2, 0.25) is 0 Å². The highest BCUT2D eigenvalue weighted by Crippen LogP contribution is 2.21. The van der Waals surface area contributed by atoms with Crippen LogP contribution < -0.4 is 0 Å². The van der Waals surface area contributed by atoms with Crippen LogP contribution in [0.4, 0.5) is 0 Å². The maximum Gasteiger partial charge on any atom is 0.507 e. The fourth-order valence-corrected chi connectivity index (χ4v) is 1.02. The Morgan fingerprint density at radius 2 is 2.50 bits per heavy atom. The van der Waals surface area contributed by atoms with Crippen LogP contribution in [0.1, 0.15) is 6.42 Å². The molecule has 0 aromatic carbocycles. The summed E-state index contributed by atoms with van der Waals surface area (Å²) in [7, 11) is -0.347. The smallest absolute Gasteiger partial charge is 0.378 e. The molecule has 0 spiro atoms. The van der Waals surface area contributed by atoms with Gasteiger partial charge in [-0.3, -0.25) is 0 Å². The van der Waals surface area contributed by atoms with Gasteiger partial charge >= 0.3 is 8.03 Å². The molecule has 0 rings (SSSR count). The second-order valence-corrected chi connectivity index (χ2v) is 3.15. The van der Waals surface area contributed by atoms with Crippen molar-refractivity contribution in [3.63, 3.8) is 0 Å². The molecule has 0 aliphatic rings. The van der Waals surface area contributed by atoms with Crippen molar-refractivity contribution >= 4 is 8.03 Å². The number of nitrogens with zero attached hydrogens (tertiary/aromatic N) is 1. The van der Waals surface area contributed by atoms with Gasteiger partial charge in [-0.2, -0.15) is 5.26 Å². The fourth-order valence-electron chi connectivity index (χ4n) is 0.384. The van der Waals surface area contributed by atoms with Gasteiger partial charge in [-0.25, -0.2) is 0 Å². The minimum atomic E-state index is -1.68. The average Bonchev–Trinajstić information content (AvgIpc) is 1.99. The summed E-state index contributed by atoms with van der Waals surface area (Å²) in [6, 6.07) is 1.62. The van der Waals surface area contributed by atoms with Crippen molar-refractivity contribution < 1.29 is 14.2 Å². The van der Waals surface area contributed by atoms with E-state index in [1.807, 2.05) is 0 Å². The first kappa shape index (κ1) is 9.51. The van der Waals surface area contributed by atoms with Crippen LogP contribution in [-0.2, 0) is 9.09 Å². The lowest BCUT2D eigenvalue weighted by molar-refractivity contribution is 0.225. The molecule has 0 aromatic heterocycles. The lowest BCUT2D eigenvalue weighted by atomic mass is 10.3. The maximum absolute atomic E-state index is 10.5. The van der Waals surface area contributed by atoms with Crippen molar-refractivity contribution in [2.24, 2.45) is 0 Å². The van der Waals surface area contributed by atoms with E-state index in [9.17, 15) is 4.57 Å². The van der Waals surface area contributed by atoms with Crippen LogP contribution in [-0.4, -0.2) is 24.5 Å². The molecule has 0 bridgehead atoms. The summed E-state index contributed by atoms with van der Waals surface area (Å²) in [5.41, 5.74) is 0. The number of rotatable bonds is 4. The first-order valence-corrected chi connectivity index (χ1v) is 4.13. The molecule has 0 aliphatic heterocycles. The molecule has 0 amide bonds. The summed E-state index contributed by atoms with van der Waals surface area (Å²) in [6.45, 7) is 0. The third kappa shape index (κ3) is 4.39. The first-order valence-electron chi connectivity index (χ1n) is 2.77. The summed E-state index contributed by atoms with van der Waals surface area (Å²) in [5.74, 6) is 0. The Labute approximate surface area is 60.3 Å². The molecule has 0 fully saturated rings. The summed E-state index contributed by atoms with van der Waals surface area (Å²) >= 11 is 0. The largest absolute Gasteiger partial charge is 0.507 e. The van der Waals surface area contributed by atoms with E-state index in [0.29, 0.717) is 0 Å². The number of aliphatic hydroxyl groups excluding tert-OH is 1. The number of hydrogen-bond acceptors (Lipinski definition) is 4. The highest BCUT2D eigenvalue weighted by molar-refractivity contribution is 7.39. The first-order chi connectivity index (χ1) is 4.70. The topological polar surface area (TPSA) is 70.3 Å². The number of hydrogen-bond donors (Lipinski definition) is 1. The summed E-state index contributed by atoms with van der Waals surface area (Å²) < 4.78 is 15.0. The van der Waals surface area contributed by atoms with Crippen LogP contribution in [0.25, 0.3) is 0 Å². The van der Waals surface area contributed by atoms with Crippen molar-refractivity contribution in [1.82, 2.24) is 0 Å². The molecule has 0 saturated carbocycles. The third-order valence-corrected chi connectivity index (χ3v) is 1.97. The maximum atomic E-state index is 10.5. The zero-order valence-corrected chi connectivity index (χ0v) is 6.54. The fraction of sp³-hybridized carbons (Fsp3) is 0.800. The lowest BCUT2D eigenvalue weighted by Crippen LogP contribution is -2.03. The van der Waals surface area contributed by atoms with Gasteiger partial charge in [0.1, 0.15) is 6.10 Å². The molecule has 1 N–H and O–H groups in total. The van der Waals surface area contributed by atoms with Gasteiger partial charge in [0.25, 0.3) is 0 Å². The Balaban J connectivity index is 3.37. The van der Waals surface area contributed by atoms with Gasteiger partial charge < -0.3 is 5.11 Å². The van der Waals surface area contributed by atoms with E-state index in [2.05, 4.69) is 4.52 Å². The zero-order valence-electron chi connectivity index (χ0n) is 5.65. The predicted octanol–water partition coefficient (Wildman–Crippen LogP) is 0.650. The van der Waals surface area contributed by atoms with Crippen LogP contribution in [0, 0.1) is 11.3 Å². The van der Waals surface area contributed by atoms with Crippen molar-refractivity contribution in [3.05, 3.63) is 0 Å². The summed E-state index contributed by atoms with van der Waals surface area (Å²) in [4.78, 5) is 0. The molecule has 2 atom stereocenters. The Kier molecular flexibility index (Phi) is 5.05. The standard InChI is InChI=1S/C5H9NO3P/c1-9-10(8)3-2-5(7)4-6/h5,7H,2-3H2,1H3/q+1. The molecule has 0 heterocycles. The van der Waals surface area contributed by atoms with Crippen LogP contribution in [0.15, 0.2) is 0 Å². The summed E-state index contributed by atoms with van der Waals surface area (Å²) in [5, 5.41) is 16.7. The van der Waals surface area contributed by atoms with Gasteiger partial charge in [-0.1, -0.05) is 0 Å².